The van der Waals surface area contributed by atoms with Gasteiger partial charge in [0, 0.05) is 13.5 Å². The maximum atomic E-state index is 12.9. The number of benzene rings is 1. The lowest BCUT2D eigenvalue weighted by Crippen LogP contribution is -2.50. The minimum atomic E-state index is -0.641. The lowest BCUT2D eigenvalue weighted by atomic mass is 10.0. The van der Waals surface area contributed by atoms with Crippen LogP contribution in [0.1, 0.15) is 17.0 Å². The second kappa shape index (κ2) is 6.96. The summed E-state index contributed by atoms with van der Waals surface area (Å²) in [5.74, 6) is 0.202. The molecule has 1 atom stereocenters. The highest BCUT2D eigenvalue weighted by atomic mass is 16.5. The molecular formula is C18H21N3O4. The van der Waals surface area contributed by atoms with Crippen molar-refractivity contribution < 1.29 is 19.1 Å². The van der Waals surface area contributed by atoms with E-state index < -0.39 is 12.0 Å². The second-order valence-electron chi connectivity index (χ2n) is 6.04. The third-order valence-electron chi connectivity index (χ3n) is 4.54. The van der Waals surface area contributed by atoms with Gasteiger partial charge in [-0.25, -0.2) is 9.78 Å². The number of ether oxygens (including phenoxy) is 2. The van der Waals surface area contributed by atoms with Crippen LogP contribution < -0.4 is 4.74 Å². The van der Waals surface area contributed by atoms with Crippen LogP contribution in [-0.4, -0.2) is 46.6 Å². The number of carbonyl (C=O) groups excluding carboxylic acids is 2. The lowest BCUT2D eigenvalue weighted by molar-refractivity contribution is -0.153. The van der Waals surface area contributed by atoms with Gasteiger partial charge in [0.1, 0.15) is 11.8 Å². The Morgan fingerprint density at radius 2 is 1.96 bits per heavy atom. The van der Waals surface area contributed by atoms with Crippen molar-refractivity contribution >= 4 is 11.9 Å². The minimum absolute atomic E-state index is 0.118. The van der Waals surface area contributed by atoms with E-state index in [-0.39, 0.29) is 12.3 Å². The molecule has 0 saturated heterocycles. The van der Waals surface area contributed by atoms with E-state index in [9.17, 15) is 9.59 Å². The van der Waals surface area contributed by atoms with E-state index in [1.54, 1.807) is 18.3 Å². The number of rotatable bonds is 4. The summed E-state index contributed by atoms with van der Waals surface area (Å²) in [7, 11) is 4.82. The number of aryl methyl sites for hydroxylation is 1. The zero-order chi connectivity index (χ0) is 18.0. The summed E-state index contributed by atoms with van der Waals surface area (Å²) in [4.78, 5) is 30.9. The molecule has 0 fully saturated rings. The van der Waals surface area contributed by atoms with Gasteiger partial charge in [0.25, 0.3) is 0 Å². The zero-order valence-electron chi connectivity index (χ0n) is 14.6. The average molecular weight is 343 g/mol. The molecule has 3 rings (SSSR count). The van der Waals surface area contributed by atoms with E-state index in [1.807, 2.05) is 35.9 Å². The van der Waals surface area contributed by atoms with Gasteiger partial charge >= 0.3 is 5.97 Å². The monoisotopic (exact) mass is 343 g/mol. The number of fused-ring (bicyclic) bond motifs is 1. The second-order valence-corrected chi connectivity index (χ2v) is 6.04. The van der Waals surface area contributed by atoms with Gasteiger partial charge in [-0.15, -0.1) is 0 Å². The number of hydrogen-bond acceptors (Lipinski definition) is 5. The first-order valence-electron chi connectivity index (χ1n) is 8.02. The SMILES string of the molecule is COC(=O)[C@@H]1Cc2ncn(C)c2CN1C(=O)Cc1ccc(OC)cc1. The van der Waals surface area contributed by atoms with Crippen molar-refractivity contribution in [3.05, 3.63) is 47.5 Å². The molecule has 0 aliphatic carbocycles. The molecular weight excluding hydrogens is 322 g/mol. The predicted octanol–water partition coefficient (Wildman–Crippen LogP) is 1.10. The summed E-state index contributed by atoms with van der Waals surface area (Å²) in [6.07, 6.45) is 2.29. The Morgan fingerprint density at radius 1 is 1.24 bits per heavy atom. The summed E-state index contributed by atoms with van der Waals surface area (Å²) in [6, 6.07) is 6.69. The summed E-state index contributed by atoms with van der Waals surface area (Å²) in [6.45, 7) is 0.348. The van der Waals surface area contributed by atoms with Gasteiger partial charge in [-0.3, -0.25) is 4.79 Å². The fourth-order valence-corrected chi connectivity index (χ4v) is 3.07. The summed E-state index contributed by atoms with van der Waals surface area (Å²) in [5, 5.41) is 0. The quantitative estimate of drug-likeness (QED) is 0.777. The van der Waals surface area contributed by atoms with Crippen molar-refractivity contribution in [1.82, 2.24) is 14.5 Å². The Balaban J connectivity index is 1.82. The van der Waals surface area contributed by atoms with Gasteiger partial charge in [0.05, 0.1) is 44.9 Å². The van der Waals surface area contributed by atoms with Crippen LogP contribution in [0.5, 0.6) is 5.75 Å². The molecule has 2 heterocycles. The normalized spacial score (nSPS) is 16.3. The summed E-state index contributed by atoms with van der Waals surface area (Å²) < 4.78 is 11.9. The number of imidazole rings is 1. The maximum absolute atomic E-state index is 12.9. The smallest absolute Gasteiger partial charge is 0.329 e. The third-order valence-corrected chi connectivity index (χ3v) is 4.54. The fraction of sp³-hybridized carbons (Fsp3) is 0.389. The highest BCUT2D eigenvalue weighted by molar-refractivity contribution is 5.86. The molecule has 0 bridgehead atoms. The first-order chi connectivity index (χ1) is 12.0. The Labute approximate surface area is 146 Å². The van der Waals surface area contributed by atoms with Crippen LogP contribution in [0, 0.1) is 0 Å². The molecule has 1 aromatic carbocycles. The van der Waals surface area contributed by atoms with Crippen LogP contribution in [0.25, 0.3) is 0 Å². The number of aromatic nitrogens is 2. The molecule has 0 saturated carbocycles. The van der Waals surface area contributed by atoms with Crippen molar-refractivity contribution in [2.75, 3.05) is 14.2 Å². The van der Waals surface area contributed by atoms with Crippen molar-refractivity contribution in [2.45, 2.75) is 25.4 Å². The lowest BCUT2D eigenvalue weighted by Gasteiger charge is -2.33. The van der Waals surface area contributed by atoms with E-state index >= 15 is 0 Å². The number of methoxy groups -OCH3 is 2. The molecule has 132 valence electrons. The molecule has 1 aliphatic rings. The van der Waals surface area contributed by atoms with Gasteiger partial charge in [0.2, 0.25) is 5.91 Å². The predicted molar refractivity (Wildman–Crippen MR) is 90.0 cm³/mol. The number of amides is 1. The molecule has 0 N–H and O–H groups in total. The van der Waals surface area contributed by atoms with Crippen molar-refractivity contribution in [2.24, 2.45) is 7.05 Å². The molecule has 0 unspecified atom stereocenters. The van der Waals surface area contributed by atoms with E-state index in [0.717, 1.165) is 22.7 Å². The Hall–Kier alpha value is -2.83. The largest absolute Gasteiger partial charge is 0.497 e. The van der Waals surface area contributed by atoms with Gasteiger partial charge in [0.15, 0.2) is 0 Å². The Kier molecular flexibility index (Phi) is 4.74. The summed E-state index contributed by atoms with van der Waals surface area (Å²) >= 11 is 0. The molecule has 2 aromatic rings. The van der Waals surface area contributed by atoms with Crippen molar-refractivity contribution in [3.8, 4) is 5.75 Å². The molecule has 0 radical (unpaired) electrons. The van der Waals surface area contributed by atoms with Gasteiger partial charge in [-0.05, 0) is 17.7 Å². The van der Waals surface area contributed by atoms with E-state index in [1.165, 1.54) is 7.11 Å². The fourth-order valence-electron chi connectivity index (χ4n) is 3.07. The Bertz CT molecular complexity index is 782. The standard InChI is InChI=1S/C18H21N3O4/c1-20-11-19-14-9-15(18(23)25-3)21(10-16(14)20)17(22)8-12-4-6-13(24-2)7-5-12/h4-7,11,15H,8-10H2,1-3H3/t15-/m0/s1. The van der Waals surface area contributed by atoms with Crippen LogP contribution in [0.2, 0.25) is 0 Å². The molecule has 7 heteroatoms. The maximum Gasteiger partial charge on any atom is 0.329 e. The van der Waals surface area contributed by atoms with Crippen molar-refractivity contribution in [3.63, 3.8) is 0 Å². The van der Waals surface area contributed by atoms with Crippen LogP contribution in [0.15, 0.2) is 30.6 Å². The first kappa shape index (κ1) is 17.0. The molecule has 1 aliphatic heterocycles. The third kappa shape index (κ3) is 3.35. The number of hydrogen-bond donors (Lipinski definition) is 0. The van der Waals surface area contributed by atoms with Gasteiger partial charge in [-0.1, -0.05) is 12.1 Å². The van der Waals surface area contributed by atoms with E-state index in [2.05, 4.69) is 4.98 Å². The molecule has 1 aromatic heterocycles. The number of esters is 1. The topological polar surface area (TPSA) is 73.7 Å². The highest BCUT2D eigenvalue weighted by Gasteiger charge is 2.37. The zero-order valence-corrected chi connectivity index (χ0v) is 14.6. The van der Waals surface area contributed by atoms with Crippen LogP contribution in [0.4, 0.5) is 0 Å². The van der Waals surface area contributed by atoms with Crippen molar-refractivity contribution in [1.29, 1.82) is 0 Å². The number of carbonyl (C=O) groups is 2. The minimum Gasteiger partial charge on any atom is -0.497 e. The Morgan fingerprint density at radius 3 is 2.60 bits per heavy atom. The van der Waals surface area contributed by atoms with Crippen LogP contribution >= 0.6 is 0 Å². The van der Waals surface area contributed by atoms with Gasteiger partial charge in [-0.2, -0.15) is 0 Å². The molecule has 7 nitrogen and oxygen atoms in total. The van der Waals surface area contributed by atoms with E-state index in [4.69, 9.17) is 9.47 Å². The first-order valence-corrected chi connectivity index (χ1v) is 8.02. The van der Waals surface area contributed by atoms with Crippen LogP contribution in [0.3, 0.4) is 0 Å². The molecule has 0 spiro atoms. The number of nitrogens with zero attached hydrogens (tertiary/aromatic N) is 3. The highest BCUT2D eigenvalue weighted by Crippen LogP contribution is 2.24. The van der Waals surface area contributed by atoms with Gasteiger partial charge < -0.3 is 18.9 Å². The van der Waals surface area contributed by atoms with E-state index in [0.29, 0.717) is 13.0 Å². The molecule has 25 heavy (non-hydrogen) atoms. The summed E-state index contributed by atoms with van der Waals surface area (Å²) in [5.41, 5.74) is 2.65. The average Bonchev–Trinajstić information content (AvgIpc) is 3.01. The van der Waals surface area contributed by atoms with Crippen LogP contribution in [-0.2, 0) is 40.8 Å². The molecule has 1 amide bonds.